The maximum Gasteiger partial charge on any atom is 0.275 e. The summed E-state index contributed by atoms with van der Waals surface area (Å²) in [6.07, 6.45) is 0.393. The normalized spacial score (nSPS) is 16.1. The Morgan fingerprint density at radius 1 is 1.03 bits per heavy atom. The molecule has 3 aromatic rings. The maximum absolute atomic E-state index is 12.9. The lowest BCUT2D eigenvalue weighted by Gasteiger charge is -2.39. The molecule has 0 aliphatic carbocycles. The standard InChI is InChI=1S/C24H25N5O4/c1-16-22(27-33-26-16)23(31)25-15-21(30)29-13-12-28(2)24(32)20(29)14-17-8-10-19(11-9-17)18-6-4-3-5-7-18/h3-11,20H,12-15H2,1-2H3,(H,25,31). The molecule has 1 unspecified atom stereocenters. The Labute approximate surface area is 191 Å². The van der Waals surface area contributed by atoms with Crippen molar-refractivity contribution in [3.05, 3.63) is 71.5 Å². The first-order valence-electron chi connectivity index (χ1n) is 10.7. The molecule has 0 bridgehead atoms. The van der Waals surface area contributed by atoms with E-state index in [1.807, 2.05) is 54.6 Å². The highest BCUT2D eigenvalue weighted by Gasteiger charge is 2.36. The van der Waals surface area contributed by atoms with Crippen molar-refractivity contribution in [2.24, 2.45) is 0 Å². The summed E-state index contributed by atoms with van der Waals surface area (Å²) < 4.78 is 4.53. The largest absolute Gasteiger partial charge is 0.342 e. The summed E-state index contributed by atoms with van der Waals surface area (Å²) >= 11 is 0. The fourth-order valence-corrected chi connectivity index (χ4v) is 3.87. The molecular weight excluding hydrogens is 422 g/mol. The molecule has 1 aliphatic rings. The molecule has 1 N–H and O–H groups in total. The second-order valence-corrected chi connectivity index (χ2v) is 8.01. The first kappa shape index (κ1) is 22.2. The summed E-state index contributed by atoms with van der Waals surface area (Å²) in [5.41, 5.74) is 3.52. The zero-order valence-corrected chi connectivity index (χ0v) is 18.5. The van der Waals surface area contributed by atoms with Crippen molar-refractivity contribution in [2.45, 2.75) is 19.4 Å². The van der Waals surface area contributed by atoms with Crippen LogP contribution in [-0.2, 0) is 16.0 Å². The number of aryl methyl sites for hydroxylation is 1. The van der Waals surface area contributed by atoms with Gasteiger partial charge in [-0.05, 0) is 28.8 Å². The van der Waals surface area contributed by atoms with Gasteiger partial charge in [0.1, 0.15) is 11.7 Å². The van der Waals surface area contributed by atoms with E-state index >= 15 is 0 Å². The average Bonchev–Trinajstić information content (AvgIpc) is 3.27. The van der Waals surface area contributed by atoms with Crippen molar-refractivity contribution < 1.29 is 19.0 Å². The van der Waals surface area contributed by atoms with Gasteiger partial charge in [0, 0.05) is 26.6 Å². The zero-order chi connectivity index (χ0) is 23.4. The zero-order valence-electron chi connectivity index (χ0n) is 18.5. The van der Waals surface area contributed by atoms with Crippen molar-refractivity contribution in [2.75, 3.05) is 26.7 Å². The molecule has 170 valence electrons. The van der Waals surface area contributed by atoms with E-state index in [1.54, 1.807) is 23.8 Å². The van der Waals surface area contributed by atoms with Crippen LogP contribution in [0.4, 0.5) is 0 Å². The molecule has 1 atom stereocenters. The van der Waals surface area contributed by atoms with Gasteiger partial charge in [0.15, 0.2) is 5.69 Å². The molecule has 0 radical (unpaired) electrons. The molecule has 3 amide bonds. The van der Waals surface area contributed by atoms with Crippen LogP contribution in [0.1, 0.15) is 21.7 Å². The summed E-state index contributed by atoms with van der Waals surface area (Å²) in [4.78, 5) is 41.3. The molecule has 2 aromatic carbocycles. The molecule has 1 aliphatic heterocycles. The molecule has 2 heterocycles. The quantitative estimate of drug-likeness (QED) is 0.616. The number of aromatic nitrogens is 2. The summed E-state index contributed by atoms with van der Waals surface area (Å²) in [6.45, 7) is 2.18. The highest BCUT2D eigenvalue weighted by molar-refractivity contribution is 5.96. The number of nitrogens with zero attached hydrogens (tertiary/aromatic N) is 4. The smallest absolute Gasteiger partial charge is 0.275 e. The van der Waals surface area contributed by atoms with Gasteiger partial charge in [0.25, 0.3) is 5.91 Å². The van der Waals surface area contributed by atoms with Crippen molar-refractivity contribution in [3.63, 3.8) is 0 Å². The van der Waals surface area contributed by atoms with Crippen LogP contribution in [-0.4, -0.2) is 70.6 Å². The Kier molecular flexibility index (Phi) is 6.48. The molecule has 1 fully saturated rings. The third kappa shape index (κ3) is 4.92. The van der Waals surface area contributed by atoms with E-state index in [1.165, 1.54) is 0 Å². The average molecular weight is 447 g/mol. The fourth-order valence-electron chi connectivity index (χ4n) is 3.87. The molecule has 1 saturated heterocycles. The third-order valence-corrected chi connectivity index (χ3v) is 5.79. The monoisotopic (exact) mass is 447 g/mol. The summed E-state index contributed by atoms with van der Waals surface area (Å²) in [5, 5.41) is 9.65. The minimum Gasteiger partial charge on any atom is -0.342 e. The highest BCUT2D eigenvalue weighted by atomic mass is 16.6. The Hall–Kier alpha value is -4.01. The van der Waals surface area contributed by atoms with E-state index in [0.29, 0.717) is 25.2 Å². The predicted octanol–water partition coefficient (Wildman–Crippen LogP) is 1.69. The van der Waals surface area contributed by atoms with E-state index in [9.17, 15) is 14.4 Å². The van der Waals surface area contributed by atoms with Gasteiger partial charge in [-0.2, -0.15) is 0 Å². The van der Waals surface area contributed by atoms with Crippen LogP contribution in [0.25, 0.3) is 11.1 Å². The predicted molar refractivity (Wildman–Crippen MR) is 120 cm³/mol. The lowest BCUT2D eigenvalue weighted by Crippen LogP contribution is -2.59. The number of amides is 3. The lowest BCUT2D eigenvalue weighted by molar-refractivity contribution is -0.149. The molecule has 1 aromatic heterocycles. The van der Waals surface area contributed by atoms with Crippen LogP contribution < -0.4 is 5.32 Å². The third-order valence-electron chi connectivity index (χ3n) is 5.79. The number of carbonyl (C=O) groups excluding carboxylic acids is 3. The van der Waals surface area contributed by atoms with Gasteiger partial charge in [-0.1, -0.05) is 59.8 Å². The van der Waals surface area contributed by atoms with Crippen LogP contribution in [0, 0.1) is 6.92 Å². The van der Waals surface area contributed by atoms with Gasteiger partial charge in [-0.25, -0.2) is 4.63 Å². The van der Waals surface area contributed by atoms with Gasteiger partial charge in [-0.3, -0.25) is 14.4 Å². The Morgan fingerprint density at radius 3 is 2.39 bits per heavy atom. The fraction of sp³-hybridized carbons (Fsp3) is 0.292. The number of likely N-dealkylation sites (N-methyl/N-ethyl adjacent to an activating group) is 1. The summed E-state index contributed by atoms with van der Waals surface area (Å²) in [5.74, 6) is -0.995. The van der Waals surface area contributed by atoms with Crippen LogP contribution in [0.2, 0.25) is 0 Å². The molecular formula is C24H25N5O4. The Bertz CT molecular complexity index is 1140. The maximum atomic E-state index is 12.9. The minimum atomic E-state index is -0.633. The van der Waals surface area contributed by atoms with Gasteiger partial charge in [0.2, 0.25) is 11.8 Å². The summed E-state index contributed by atoms with van der Waals surface area (Å²) in [7, 11) is 1.73. The van der Waals surface area contributed by atoms with Gasteiger partial charge in [0.05, 0.1) is 6.54 Å². The number of piperazine rings is 1. The van der Waals surface area contributed by atoms with E-state index in [0.717, 1.165) is 16.7 Å². The summed E-state index contributed by atoms with van der Waals surface area (Å²) in [6, 6.07) is 17.4. The van der Waals surface area contributed by atoms with Crippen LogP contribution in [0.3, 0.4) is 0 Å². The first-order valence-corrected chi connectivity index (χ1v) is 10.7. The Morgan fingerprint density at radius 2 is 1.73 bits per heavy atom. The van der Waals surface area contributed by atoms with E-state index in [4.69, 9.17) is 0 Å². The van der Waals surface area contributed by atoms with Crippen molar-refractivity contribution in [1.82, 2.24) is 25.4 Å². The van der Waals surface area contributed by atoms with Crippen molar-refractivity contribution in [1.29, 1.82) is 0 Å². The van der Waals surface area contributed by atoms with Crippen LogP contribution in [0.15, 0.2) is 59.2 Å². The van der Waals surface area contributed by atoms with E-state index in [-0.39, 0.29) is 24.1 Å². The molecule has 33 heavy (non-hydrogen) atoms. The molecule has 9 heteroatoms. The number of carbonyl (C=O) groups is 3. The SMILES string of the molecule is Cc1nonc1C(=O)NCC(=O)N1CCN(C)C(=O)C1Cc1ccc(-c2ccccc2)cc1. The lowest BCUT2D eigenvalue weighted by atomic mass is 9.98. The van der Waals surface area contributed by atoms with Gasteiger partial charge in [-0.15, -0.1) is 0 Å². The topological polar surface area (TPSA) is 109 Å². The van der Waals surface area contributed by atoms with Gasteiger partial charge >= 0.3 is 0 Å². The number of rotatable bonds is 6. The second kappa shape index (κ2) is 9.64. The first-order chi connectivity index (χ1) is 15.9. The number of nitrogens with one attached hydrogen (secondary N) is 1. The molecule has 9 nitrogen and oxygen atoms in total. The number of benzene rings is 2. The Balaban J connectivity index is 1.45. The molecule has 4 rings (SSSR count). The highest BCUT2D eigenvalue weighted by Crippen LogP contribution is 2.21. The van der Waals surface area contributed by atoms with E-state index < -0.39 is 11.9 Å². The van der Waals surface area contributed by atoms with Crippen LogP contribution in [0.5, 0.6) is 0 Å². The van der Waals surface area contributed by atoms with E-state index in [2.05, 4.69) is 20.3 Å². The van der Waals surface area contributed by atoms with Gasteiger partial charge < -0.3 is 15.1 Å². The molecule has 0 saturated carbocycles. The van der Waals surface area contributed by atoms with Crippen molar-refractivity contribution >= 4 is 17.7 Å². The number of hydrogen-bond acceptors (Lipinski definition) is 6. The molecule has 0 spiro atoms. The van der Waals surface area contributed by atoms with Crippen LogP contribution >= 0.6 is 0 Å². The van der Waals surface area contributed by atoms with Crippen molar-refractivity contribution in [3.8, 4) is 11.1 Å². The second-order valence-electron chi connectivity index (χ2n) is 8.01. The minimum absolute atomic E-state index is 0.0345. The number of hydrogen-bond donors (Lipinski definition) is 1.